The molecule has 0 unspecified atom stereocenters. The minimum atomic E-state index is 0.0311. The van der Waals surface area contributed by atoms with E-state index in [2.05, 4.69) is 10.3 Å². The van der Waals surface area contributed by atoms with Crippen LogP contribution in [0, 0.1) is 6.92 Å². The van der Waals surface area contributed by atoms with Crippen LogP contribution in [-0.4, -0.2) is 23.1 Å². The monoisotopic (exact) mass is 181 g/mol. The number of nitrogens with zero attached hydrogens (tertiary/aromatic N) is 2. The largest absolute Gasteiger partial charge is 0.320 e. The molecule has 0 bridgehead atoms. The SMILES string of the molecule is CNCCCn1cnc(C)cc1=O. The number of hydrogen-bond donors (Lipinski definition) is 1. The zero-order valence-electron chi connectivity index (χ0n) is 8.08. The van der Waals surface area contributed by atoms with Crippen molar-refractivity contribution in [3.63, 3.8) is 0 Å². The lowest BCUT2D eigenvalue weighted by Crippen LogP contribution is -2.22. The quantitative estimate of drug-likeness (QED) is 0.673. The van der Waals surface area contributed by atoms with Crippen molar-refractivity contribution in [1.82, 2.24) is 14.9 Å². The molecule has 0 saturated heterocycles. The van der Waals surface area contributed by atoms with E-state index in [1.54, 1.807) is 17.0 Å². The minimum Gasteiger partial charge on any atom is -0.320 e. The third-order valence-corrected chi connectivity index (χ3v) is 1.84. The van der Waals surface area contributed by atoms with Crippen LogP contribution in [0.25, 0.3) is 0 Å². The highest BCUT2D eigenvalue weighted by atomic mass is 16.1. The van der Waals surface area contributed by atoms with Crippen molar-refractivity contribution in [3.05, 3.63) is 28.4 Å². The maximum absolute atomic E-state index is 11.3. The van der Waals surface area contributed by atoms with Crippen molar-refractivity contribution in [2.75, 3.05) is 13.6 Å². The van der Waals surface area contributed by atoms with Crippen molar-refractivity contribution in [2.45, 2.75) is 19.9 Å². The molecule has 0 fully saturated rings. The first-order valence-corrected chi connectivity index (χ1v) is 4.41. The first-order valence-electron chi connectivity index (χ1n) is 4.41. The van der Waals surface area contributed by atoms with Gasteiger partial charge in [0, 0.05) is 18.3 Å². The second-order valence-corrected chi connectivity index (χ2v) is 3.02. The van der Waals surface area contributed by atoms with E-state index in [9.17, 15) is 4.79 Å². The van der Waals surface area contributed by atoms with Gasteiger partial charge in [0.1, 0.15) is 0 Å². The fraction of sp³-hybridized carbons (Fsp3) is 0.556. The van der Waals surface area contributed by atoms with Crippen molar-refractivity contribution >= 4 is 0 Å². The van der Waals surface area contributed by atoms with E-state index in [4.69, 9.17) is 0 Å². The van der Waals surface area contributed by atoms with Crippen LogP contribution in [0.5, 0.6) is 0 Å². The number of aryl methyl sites for hydroxylation is 2. The molecule has 0 amide bonds. The molecule has 72 valence electrons. The summed E-state index contributed by atoms with van der Waals surface area (Å²) in [7, 11) is 1.90. The van der Waals surface area contributed by atoms with Gasteiger partial charge in [-0.1, -0.05) is 0 Å². The smallest absolute Gasteiger partial charge is 0.253 e. The maximum Gasteiger partial charge on any atom is 0.253 e. The predicted molar refractivity (Wildman–Crippen MR) is 51.8 cm³/mol. The summed E-state index contributed by atoms with van der Waals surface area (Å²) in [5.74, 6) is 0. The number of hydrogen-bond acceptors (Lipinski definition) is 3. The summed E-state index contributed by atoms with van der Waals surface area (Å²) in [6.07, 6.45) is 2.55. The molecular weight excluding hydrogens is 166 g/mol. The Morgan fingerprint density at radius 2 is 2.38 bits per heavy atom. The van der Waals surface area contributed by atoms with Gasteiger partial charge in [-0.2, -0.15) is 0 Å². The normalized spacial score (nSPS) is 10.3. The van der Waals surface area contributed by atoms with Crippen LogP contribution >= 0.6 is 0 Å². The Morgan fingerprint density at radius 3 is 3.00 bits per heavy atom. The molecule has 0 atom stereocenters. The van der Waals surface area contributed by atoms with E-state index in [0.717, 1.165) is 25.2 Å². The average Bonchev–Trinajstić information content (AvgIpc) is 2.09. The van der Waals surface area contributed by atoms with Crippen molar-refractivity contribution in [3.8, 4) is 0 Å². The second kappa shape index (κ2) is 4.77. The van der Waals surface area contributed by atoms with Crippen molar-refractivity contribution < 1.29 is 0 Å². The van der Waals surface area contributed by atoms with Gasteiger partial charge in [0.2, 0.25) is 0 Å². The van der Waals surface area contributed by atoms with E-state index >= 15 is 0 Å². The Balaban J connectivity index is 2.62. The minimum absolute atomic E-state index is 0.0311. The molecule has 1 aromatic heterocycles. The van der Waals surface area contributed by atoms with Crippen LogP contribution in [-0.2, 0) is 6.54 Å². The second-order valence-electron chi connectivity index (χ2n) is 3.02. The van der Waals surface area contributed by atoms with E-state index in [-0.39, 0.29) is 5.56 Å². The number of nitrogens with one attached hydrogen (secondary N) is 1. The van der Waals surface area contributed by atoms with E-state index in [1.807, 2.05) is 14.0 Å². The summed E-state index contributed by atoms with van der Waals surface area (Å²) in [4.78, 5) is 15.4. The molecule has 0 aliphatic heterocycles. The van der Waals surface area contributed by atoms with Crippen LogP contribution < -0.4 is 10.9 Å². The molecule has 0 aliphatic rings. The van der Waals surface area contributed by atoms with E-state index in [1.165, 1.54) is 0 Å². The molecule has 4 nitrogen and oxygen atoms in total. The highest BCUT2D eigenvalue weighted by Crippen LogP contribution is 1.87. The Morgan fingerprint density at radius 1 is 1.62 bits per heavy atom. The molecule has 1 rings (SSSR count). The van der Waals surface area contributed by atoms with Crippen molar-refractivity contribution in [1.29, 1.82) is 0 Å². The predicted octanol–water partition coefficient (Wildman–Crippen LogP) is 0.161. The summed E-state index contributed by atoms with van der Waals surface area (Å²) in [5.41, 5.74) is 0.804. The molecule has 1 N–H and O–H groups in total. The lowest BCUT2D eigenvalue weighted by molar-refractivity contribution is 0.588. The van der Waals surface area contributed by atoms with Crippen LogP contribution in [0.3, 0.4) is 0 Å². The molecule has 13 heavy (non-hydrogen) atoms. The molecule has 1 aromatic rings. The molecule has 0 radical (unpaired) electrons. The Labute approximate surface area is 77.6 Å². The third-order valence-electron chi connectivity index (χ3n) is 1.84. The van der Waals surface area contributed by atoms with Crippen LogP contribution in [0.4, 0.5) is 0 Å². The van der Waals surface area contributed by atoms with E-state index in [0.29, 0.717) is 0 Å². The van der Waals surface area contributed by atoms with E-state index < -0.39 is 0 Å². The highest BCUT2D eigenvalue weighted by Gasteiger charge is 1.95. The third kappa shape index (κ3) is 2.99. The van der Waals surface area contributed by atoms with Gasteiger partial charge in [-0.3, -0.25) is 9.36 Å². The first kappa shape index (κ1) is 9.92. The number of aromatic nitrogens is 2. The molecule has 1 heterocycles. The van der Waals surface area contributed by atoms with Crippen LogP contribution in [0.1, 0.15) is 12.1 Å². The average molecular weight is 181 g/mol. The first-order chi connectivity index (χ1) is 6.24. The lowest BCUT2D eigenvalue weighted by Gasteiger charge is -2.03. The molecular formula is C9H15N3O. The summed E-state index contributed by atoms with van der Waals surface area (Å²) in [5, 5.41) is 3.03. The van der Waals surface area contributed by atoms with Gasteiger partial charge in [-0.25, -0.2) is 4.98 Å². The zero-order valence-corrected chi connectivity index (χ0v) is 8.08. The maximum atomic E-state index is 11.3. The van der Waals surface area contributed by atoms with Gasteiger partial charge in [-0.05, 0) is 26.9 Å². The van der Waals surface area contributed by atoms with Gasteiger partial charge < -0.3 is 5.32 Å². The van der Waals surface area contributed by atoms with Gasteiger partial charge in [0.15, 0.2) is 0 Å². The van der Waals surface area contributed by atoms with Gasteiger partial charge >= 0.3 is 0 Å². The fourth-order valence-corrected chi connectivity index (χ4v) is 1.11. The molecule has 0 aromatic carbocycles. The van der Waals surface area contributed by atoms with Gasteiger partial charge in [0.05, 0.1) is 6.33 Å². The Kier molecular flexibility index (Phi) is 3.64. The van der Waals surface area contributed by atoms with Gasteiger partial charge in [-0.15, -0.1) is 0 Å². The van der Waals surface area contributed by atoms with Crippen LogP contribution in [0.2, 0.25) is 0 Å². The topological polar surface area (TPSA) is 46.9 Å². The molecule has 0 saturated carbocycles. The van der Waals surface area contributed by atoms with Crippen LogP contribution in [0.15, 0.2) is 17.2 Å². The lowest BCUT2D eigenvalue weighted by atomic mass is 10.4. The zero-order chi connectivity index (χ0) is 9.68. The Hall–Kier alpha value is -1.16. The summed E-state index contributed by atoms with van der Waals surface area (Å²) in [6, 6.07) is 1.55. The molecule has 0 spiro atoms. The Bertz CT molecular complexity index is 319. The fourth-order valence-electron chi connectivity index (χ4n) is 1.11. The summed E-state index contributed by atoms with van der Waals surface area (Å²) in [6.45, 7) is 3.46. The highest BCUT2D eigenvalue weighted by molar-refractivity contribution is 4.95. The number of rotatable bonds is 4. The summed E-state index contributed by atoms with van der Waals surface area (Å²) >= 11 is 0. The van der Waals surface area contributed by atoms with Crippen molar-refractivity contribution in [2.24, 2.45) is 0 Å². The molecule has 0 aliphatic carbocycles. The van der Waals surface area contributed by atoms with Gasteiger partial charge in [0.25, 0.3) is 5.56 Å². The standard InChI is InChI=1S/C9H15N3O/c1-8-6-9(13)12(7-11-8)5-3-4-10-2/h6-7,10H,3-5H2,1-2H3. The molecule has 4 heteroatoms. The summed E-state index contributed by atoms with van der Waals surface area (Å²) < 4.78 is 1.63.